The molecule has 168 valence electrons. The third-order valence-electron chi connectivity index (χ3n) is 4.98. The van der Waals surface area contributed by atoms with Gasteiger partial charge in [0, 0.05) is 45.8 Å². The van der Waals surface area contributed by atoms with E-state index in [1.165, 1.54) is 11.8 Å². The normalized spacial score (nSPS) is 10.8. The minimum atomic E-state index is -0.250. The molecule has 1 aromatic heterocycles. The molecule has 4 rings (SSSR count). The molecular formula is C25H21Cl2N3O2S. The summed E-state index contributed by atoms with van der Waals surface area (Å²) in [4.78, 5) is 25.8. The van der Waals surface area contributed by atoms with E-state index in [4.69, 9.17) is 23.2 Å². The molecular weight excluding hydrogens is 477 g/mol. The van der Waals surface area contributed by atoms with Gasteiger partial charge in [-0.1, -0.05) is 59.6 Å². The summed E-state index contributed by atoms with van der Waals surface area (Å²) in [6.45, 7) is 1.00. The summed E-state index contributed by atoms with van der Waals surface area (Å²) in [6, 6.07) is 22.2. The molecule has 3 aromatic carbocycles. The van der Waals surface area contributed by atoms with E-state index in [0.717, 1.165) is 21.5 Å². The zero-order chi connectivity index (χ0) is 23.2. The van der Waals surface area contributed by atoms with E-state index in [1.54, 1.807) is 18.2 Å². The van der Waals surface area contributed by atoms with Crippen LogP contribution < -0.4 is 10.6 Å². The molecule has 0 unspecified atom stereocenters. The lowest BCUT2D eigenvalue weighted by molar-refractivity contribution is -0.113. The van der Waals surface area contributed by atoms with Gasteiger partial charge in [0.25, 0.3) is 5.91 Å². The van der Waals surface area contributed by atoms with Crippen LogP contribution in [0.4, 0.5) is 5.69 Å². The number of para-hydroxylation sites is 2. The Labute approximate surface area is 206 Å². The number of hydrogen-bond acceptors (Lipinski definition) is 3. The molecule has 0 saturated heterocycles. The highest BCUT2D eigenvalue weighted by Crippen LogP contribution is 2.30. The van der Waals surface area contributed by atoms with Gasteiger partial charge in [0.05, 0.1) is 16.3 Å². The summed E-state index contributed by atoms with van der Waals surface area (Å²) in [5.41, 5.74) is 2.21. The van der Waals surface area contributed by atoms with Crippen molar-refractivity contribution in [2.24, 2.45) is 0 Å². The average Bonchev–Trinajstić information content (AvgIpc) is 3.16. The molecule has 2 N–H and O–H groups in total. The number of rotatable bonds is 8. The van der Waals surface area contributed by atoms with Crippen molar-refractivity contribution >= 4 is 63.4 Å². The molecule has 0 radical (unpaired) electrons. The Morgan fingerprint density at radius 1 is 0.939 bits per heavy atom. The largest absolute Gasteiger partial charge is 0.350 e. The lowest BCUT2D eigenvalue weighted by atomic mass is 10.2. The third kappa shape index (κ3) is 5.90. The maximum Gasteiger partial charge on any atom is 0.252 e. The summed E-state index contributed by atoms with van der Waals surface area (Å²) in [7, 11) is 0. The fourth-order valence-corrected chi connectivity index (χ4v) is 4.82. The van der Waals surface area contributed by atoms with Crippen LogP contribution in [0.2, 0.25) is 10.0 Å². The molecule has 4 aromatic rings. The molecule has 0 atom stereocenters. The second-order valence-electron chi connectivity index (χ2n) is 7.29. The van der Waals surface area contributed by atoms with Gasteiger partial charge in [0.15, 0.2) is 0 Å². The fourth-order valence-electron chi connectivity index (χ4n) is 3.43. The van der Waals surface area contributed by atoms with Crippen molar-refractivity contribution in [2.75, 3.05) is 17.6 Å². The fraction of sp³-hybridized carbons (Fsp3) is 0.120. The minimum Gasteiger partial charge on any atom is -0.350 e. The van der Waals surface area contributed by atoms with E-state index >= 15 is 0 Å². The Morgan fingerprint density at radius 3 is 2.48 bits per heavy atom. The van der Waals surface area contributed by atoms with E-state index < -0.39 is 0 Å². The van der Waals surface area contributed by atoms with Gasteiger partial charge in [-0.05, 0) is 36.4 Å². The lowest BCUT2D eigenvalue weighted by Crippen LogP contribution is -2.27. The van der Waals surface area contributed by atoms with Crippen LogP contribution >= 0.6 is 35.0 Å². The number of halogens is 2. The zero-order valence-corrected chi connectivity index (χ0v) is 19.9. The van der Waals surface area contributed by atoms with E-state index in [-0.39, 0.29) is 11.8 Å². The topological polar surface area (TPSA) is 63.1 Å². The highest BCUT2D eigenvalue weighted by molar-refractivity contribution is 8.00. The molecule has 5 nitrogen and oxygen atoms in total. The molecule has 0 fully saturated rings. The van der Waals surface area contributed by atoms with Gasteiger partial charge in [0.2, 0.25) is 5.91 Å². The number of hydrogen-bond donors (Lipinski definition) is 2. The van der Waals surface area contributed by atoms with Gasteiger partial charge in [0.1, 0.15) is 0 Å². The maximum absolute atomic E-state index is 12.5. The number of anilines is 1. The number of thioether (sulfide) groups is 1. The van der Waals surface area contributed by atoms with Crippen molar-refractivity contribution < 1.29 is 9.59 Å². The average molecular weight is 498 g/mol. The number of carbonyl (C=O) groups excluding carboxylic acids is 2. The quantitative estimate of drug-likeness (QED) is 0.288. The second-order valence-corrected chi connectivity index (χ2v) is 9.15. The van der Waals surface area contributed by atoms with Crippen LogP contribution in [0.1, 0.15) is 10.4 Å². The first kappa shape index (κ1) is 23.2. The Bertz CT molecular complexity index is 1290. The van der Waals surface area contributed by atoms with Crippen LogP contribution in [0.15, 0.2) is 83.9 Å². The van der Waals surface area contributed by atoms with Gasteiger partial charge in [-0.2, -0.15) is 0 Å². The predicted molar refractivity (Wildman–Crippen MR) is 137 cm³/mol. The first-order valence-corrected chi connectivity index (χ1v) is 12.0. The van der Waals surface area contributed by atoms with Crippen molar-refractivity contribution in [3.8, 4) is 0 Å². The number of aromatic nitrogens is 1. The van der Waals surface area contributed by atoms with Crippen molar-refractivity contribution in [3.05, 3.63) is 94.6 Å². The highest BCUT2D eigenvalue weighted by atomic mass is 35.5. The number of amides is 2. The van der Waals surface area contributed by atoms with Crippen LogP contribution in [-0.2, 0) is 11.3 Å². The molecule has 0 aliphatic heterocycles. The number of carbonyl (C=O) groups is 2. The smallest absolute Gasteiger partial charge is 0.252 e. The zero-order valence-electron chi connectivity index (χ0n) is 17.6. The number of fused-ring (bicyclic) bond motifs is 1. The van der Waals surface area contributed by atoms with Crippen LogP contribution in [0, 0.1) is 0 Å². The molecule has 0 spiro atoms. The molecule has 0 saturated carbocycles. The summed E-state index contributed by atoms with van der Waals surface area (Å²) in [6.07, 6.45) is 2.02. The van der Waals surface area contributed by atoms with Gasteiger partial charge in [-0.15, -0.1) is 11.8 Å². The summed E-state index contributed by atoms with van der Waals surface area (Å²) in [5.74, 6) is -0.00947. The Morgan fingerprint density at radius 2 is 1.70 bits per heavy atom. The molecule has 33 heavy (non-hydrogen) atoms. The van der Waals surface area contributed by atoms with Gasteiger partial charge < -0.3 is 15.2 Å². The molecule has 8 heteroatoms. The Hall–Kier alpha value is -2.93. The lowest BCUT2D eigenvalue weighted by Gasteiger charge is -2.09. The Balaban J connectivity index is 1.39. The van der Waals surface area contributed by atoms with E-state index in [1.807, 2.05) is 60.8 Å². The second kappa shape index (κ2) is 10.8. The van der Waals surface area contributed by atoms with Crippen molar-refractivity contribution in [2.45, 2.75) is 11.4 Å². The molecule has 2 amide bonds. The molecule has 0 bridgehead atoms. The van der Waals surface area contributed by atoms with E-state index in [2.05, 4.69) is 15.2 Å². The number of nitrogens with one attached hydrogen (secondary N) is 2. The first-order chi connectivity index (χ1) is 16.0. The molecule has 1 heterocycles. The SMILES string of the molecule is O=C(CSc1cn(CCNC(=O)c2ccc(Cl)cc2Cl)c2ccccc12)Nc1ccccc1. The molecule has 0 aliphatic rings. The van der Waals surface area contributed by atoms with Crippen LogP contribution in [-0.4, -0.2) is 28.7 Å². The van der Waals surface area contributed by atoms with Crippen LogP contribution in [0.3, 0.4) is 0 Å². The van der Waals surface area contributed by atoms with Gasteiger partial charge >= 0.3 is 0 Å². The predicted octanol–water partition coefficient (Wildman–Crippen LogP) is 6.11. The third-order valence-corrected chi connectivity index (χ3v) is 6.57. The van der Waals surface area contributed by atoms with Gasteiger partial charge in [-0.3, -0.25) is 9.59 Å². The monoisotopic (exact) mass is 497 g/mol. The number of benzene rings is 3. The van der Waals surface area contributed by atoms with Crippen LogP contribution in [0.5, 0.6) is 0 Å². The Kier molecular flexibility index (Phi) is 7.60. The summed E-state index contributed by atoms with van der Waals surface area (Å²) < 4.78 is 2.08. The van der Waals surface area contributed by atoms with E-state index in [9.17, 15) is 9.59 Å². The summed E-state index contributed by atoms with van der Waals surface area (Å²) >= 11 is 13.5. The van der Waals surface area contributed by atoms with Crippen molar-refractivity contribution in [1.29, 1.82) is 0 Å². The van der Waals surface area contributed by atoms with Gasteiger partial charge in [-0.25, -0.2) is 0 Å². The van der Waals surface area contributed by atoms with Crippen molar-refractivity contribution in [3.63, 3.8) is 0 Å². The van der Waals surface area contributed by atoms with E-state index in [0.29, 0.717) is 34.5 Å². The summed E-state index contributed by atoms with van der Waals surface area (Å²) in [5, 5.41) is 7.68. The minimum absolute atomic E-state index is 0.0601. The maximum atomic E-state index is 12.5. The number of nitrogens with zero attached hydrogens (tertiary/aromatic N) is 1. The van der Waals surface area contributed by atoms with Crippen LogP contribution in [0.25, 0.3) is 10.9 Å². The standard InChI is InChI=1S/C25H21Cl2N3O2S/c26-17-10-11-19(21(27)14-17)25(32)28-12-13-30-15-23(20-8-4-5-9-22(20)30)33-16-24(31)29-18-6-2-1-3-7-18/h1-11,14-15H,12-13,16H2,(H,28,32)(H,29,31). The molecule has 0 aliphatic carbocycles. The highest BCUT2D eigenvalue weighted by Gasteiger charge is 2.13. The van der Waals surface area contributed by atoms with Crippen molar-refractivity contribution in [1.82, 2.24) is 9.88 Å². The first-order valence-electron chi connectivity index (χ1n) is 10.3.